The third kappa shape index (κ3) is 1.86. The highest BCUT2D eigenvalue weighted by molar-refractivity contribution is 5.14. The predicted molar refractivity (Wildman–Crippen MR) is 60.1 cm³/mol. The third-order valence-electron chi connectivity index (χ3n) is 3.84. The van der Waals surface area contributed by atoms with Gasteiger partial charge in [-0.1, -0.05) is 24.9 Å². The number of nitrogens with zero attached hydrogens (tertiary/aromatic N) is 2. The first-order valence-corrected chi connectivity index (χ1v) is 6.35. The minimum atomic E-state index is 0.215. The molecule has 2 heterocycles. The van der Waals surface area contributed by atoms with Crippen LogP contribution in [0.2, 0.25) is 0 Å². The molecule has 1 N–H and O–H groups in total. The first kappa shape index (κ1) is 10.3. The Balaban J connectivity index is 1.75. The topological polar surface area (TPSA) is 51.0 Å². The van der Waals surface area contributed by atoms with Crippen molar-refractivity contribution < 1.29 is 4.52 Å². The van der Waals surface area contributed by atoms with Gasteiger partial charge in [0.05, 0.1) is 6.04 Å². The second-order valence-corrected chi connectivity index (χ2v) is 5.37. The molecule has 0 spiro atoms. The van der Waals surface area contributed by atoms with E-state index in [1.165, 1.54) is 32.1 Å². The summed E-state index contributed by atoms with van der Waals surface area (Å²) in [7, 11) is 0. The molecule has 1 saturated heterocycles. The lowest BCUT2D eigenvalue weighted by Gasteiger charge is -2.09. The molecule has 1 aliphatic heterocycles. The van der Waals surface area contributed by atoms with Gasteiger partial charge < -0.3 is 9.84 Å². The predicted octanol–water partition coefficient (Wildman–Crippen LogP) is 2.33. The molecule has 0 aromatic carbocycles. The Bertz CT molecular complexity index is 362. The van der Waals surface area contributed by atoms with Crippen molar-refractivity contribution in [2.24, 2.45) is 0 Å². The lowest BCUT2D eigenvalue weighted by atomic mass is 10.1. The van der Waals surface area contributed by atoms with E-state index in [1.54, 1.807) is 0 Å². The molecule has 1 aromatic rings. The molecule has 4 heteroatoms. The Morgan fingerprint density at radius 3 is 3.00 bits per heavy atom. The van der Waals surface area contributed by atoms with Gasteiger partial charge in [-0.2, -0.15) is 4.98 Å². The van der Waals surface area contributed by atoms with Crippen LogP contribution in [0.4, 0.5) is 0 Å². The monoisotopic (exact) mass is 221 g/mol. The lowest BCUT2D eigenvalue weighted by molar-refractivity contribution is 0.323. The van der Waals surface area contributed by atoms with Gasteiger partial charge in [-0.05, 0) is 32.2 Å². The van der Waals surface area contributed by atoms with E-state index in [0.717, 1.165) is 24.7 Å². The zero-order valence-corrected chi connectivity index (χ0v) is 9.83. The first-order chi connectivity index (χ1) is 7.78. The average molecular weight is 221 g/mol. The maximum absolute atomic E-state index is 5.40. The van der Waals surface area contributed by atoms with Crippen LogP contribution in [-0.2, 0) is 5.41 Å². The Morgan fingerprint density at radius 2 is 2.19 bits per heavy atom. The SMILES string of the molecule is CC1(c2noc(C3CCCCCN3)n2)CC1. The number of nitrogens with one attached hydrogen (secondary N) is 1. The fourth-order valence-electron chi connectivity index (χ4n) is 2.27. The summed E-state index contributed by atoms with van der Waals surface area (Å²) in [4.78, 5) is 4.57. The van der Waals surface area contributed by atoms with Crippen LogP contribution < -0.4 is 5.32 Å². The number of hydrogen-bond acceptors (Lipinski definition) is 4. The number of hydrogen-bond donors (Lipinski definition) is 1. The number of rotatable bonds is 2. The van der Waals surface area contributed by atoms with Crippen molar-refractivity contribution in [1.29, 1.82) is 0 Å². The van der Waals surface area contributed by atoms with Crippen molar-refractivity contribution >= 4 is 0 Å². The zero-order chi connectivity index (χ0) is 11.0. The van der Waals surface area contributed by atoms with Crippen LogP contribution >= 0.6 is 0 Å². The molecular weight excluding hydrogens is 202 g/mol. The summed E-state index contributed by atoms with van der Waals surface area (Å²) in [6, 6.07) is 0.283. The second kappa shape index (κ2) is 3.84. The fourth-order valence-corrected chi connectivity index (χ4v) is 2.27. The van der Waals surface area contributed by atoms with Gasteiger partial charge in [0.25, 0.3) is 0 Å². The van der Waals surface area contributed by atoms with E-state index in [-0.39, 0.29) is 11.5 Å². The van der Waals surface area contributed by atoms with Crippen LogP contribution in [0.1, 0.15) is 63.2 Å². The molecule has 88 valence electrons. The van der Waals surface area contributed by atoms with E-state index in [0.29, 0.717) is 0 Å². The van der Waals surface area contributed by atoms with Gasteiger partial charge in [0.15, 0.2) is 5.82 Å². The van der Waals surface area contributed by atoms with Crippen LogP contribution in [0.5, 0.6) is 0 Å². The lowest BCUT2D eigenvalue weighted by Crippen LogP contribution is -2.20. The van der Waals surface area contributed by atoms with Crippen LogP contribution in [0, 0.1) is 0 Å². The molecule has 3 rings (SSSR count). The molecule has 16 heavy (non-hydrogen) atoms. The molecule has 1 unspecified atom stereocenters. The van der Waals surface area contributed by atoms with E-state index in [1.807, 2.05) is 0 Å². The summed E-state index contributed by atoms with van der Waals surface area (Å²) in [5, 5.41) is 7.62. The van der Waals surface area contributed by atoms with Gasteiger partial charge in [-0.3, -0.25) is 0 Å². The van der Waals surface area contributed by atoms with Crippen molar-refractivity contribution in [3.63, 3.8) is 0 Å². The van der Waals surface area contributed by atoms with E-state index < -0.39 is 0 Å². The average Bonchev–Trinajstić information content (AvgIpc) is 2.94. The molecule has 1 atom stereocenters. The molecule has 1 aromatic heterocycles. The van der Waals surface area contributed by atoms with Crippen molar-refractivity contribution in [2.75, 3.05) is 6.54 Å². The van der Waals surface area contributed by atoms with Gasteiger partial charge in [0.1, 0.15) is 0 Å². The largest absolute Gasteiger partial charge is 0.338 e. The molecule has 1 aliphatic carbocycles. The Kier molecular flexibility index (Phi) is 2.46. The summed E-state index contributed by atoms with van der Waals surface area (Å²) < 4.78 is 5.40. The molecule has 2 fully saturated rings. The Labute approximate surface area is 95.8 Å². The van der Waals surface area contributed by atoms with Crippen molar-refractivity contribution in [3.8, 4) is 0 Å². The highest BCUT2D eigenvalue weighted by Crippen LogP contribution is 2.46. The maximum Gasteiger partial charge on any atom is 0.243 e. The Hall–Kier alpha value is -0.900. The van der Waals surface area contributed by atoms with Crippen LogP contribution in [0.15, 0.2) is 4.52 Å². The van der Waals surface area contributed by atoms with E-state index in [4.69, 9.17) is 4.52 Å². The van der Waals surface area contributed by atoms with Crippen molar-refractivity contribution in [1.82, 2.24) is 15.5 Å². The highest BCUT2D eigenvalue weighted by atomic mass is 16.5. The van der Waals surface area contributed by atoms with Gasteiger partial charge in [-0.25, -0.2) is 0 Å². The van der Waals surface area contributed by atoms with Crippen molar-refractivity contribution in [3.05, 3.63) is 11.7 Å². The maximum atomic E-state index is 5.40. The smallest absolute Gasteiger partial charge is 0.243 e. The third-order valence-corrected chi connectivity index (χ3v) is 3.84. The van der Waals surface area contributed by atoms with Gasteiger partial charge in [0.2, 0.25) is 5.89 Å². The van der Waals surface area contributed by atoms with Gasteiger partial charge in [0, 0.05) is 5.41 Å². The van der Waals surface area contributed by atoms with E-state index >= 15 is 0 Å². The summed E-state index contributed by atoms with van der Waals surface area (Å²) in [6.07, 6.45) is 7.34. The van der Waals surface area contributed by atoms with Crippen LogP contribution in [-0.4, -0.2) is 16.7 Å². The second-order valence-electron chi connectivity index (χ2n) is 5.37. The summed E-state index contributed by atoms with van der Waals surface area (Å²) >= 11 is 0. The molecule has 0 bridgehead atoms. The molecule has 0 radical (unpaired) electrons. The van der Waals surface area contributed by atoms with Crippen LogP contribution in [0.3, 0.4) is 0 Å². The summed E-state index contributed by atoms with van der Waals surface area (Å²) in [6.45, 7) is 3.28. The minimum Gasteiger partial charge on any atom is -0.338 e. The fraction of sp³-hybridized carbons (Fsp3) is 0.833. The quantitative estimate of drug-likeness (QED) is 0.832. The van der Waals surface area contributed by atoms with Crippen LogP contribution in [0.25, 0.3) is 0 Å². The molecule has 2 aliphatic rings. The summed E-state index contributed by atoms with van der Waals surface area (Å²) in [5.41, 5.74) is 0.215. The Morgan fingerprint density at radius 1 is 1.31 bits per heavy atom. The van der Waals surface area contributed by atoms with Gasteiger partial charge in [-0.15, -0.1) is 0 Å². The van der Waals surface area contributed by atoms with Crippen molar-refractivity contribution in [2.45, 2.75) is 56.9 Å². The standard InChI is InChI=1S/C12H19N3O/c1-12(6-7-12)11-14-10(16-15-11)9-5-3-2-4-8-13-9/h9,13H,2-8H2,1H3. The number of aromatic nitrogens is 2. The van der Waals surface area contributed by atoms with E-state index in [2.05, 4.69) is 22.4 Å². The summed E-state index contributed by atoms with van der Waals surface area (Å²) in [5.74, 6) is 1.71. The normalized spacial score (nSPS) is 28.7. The minimum absolute atomic E-state index is 0.215. The van der Waals surface area contributed by atoms with Gasteiger partial charge >= 0.3 is 0 Å². The zero-order valence-electron chi connectivity index (χ0n) is 9.83. The highest BCUT2D eigenvalue weighted by Gasteiger charge is 2.43. The molecule has 4 nitrogen and oxygen atoms in total. The molecule has 1 saturated carbocycles. The first-order valence-electron chi connectivity index (χ1n) is 6.35. The molecule has 0 amide bonds. The molecular formula is C12H19N3O. The van der Waals surface area contributed by atoms with E-state index in [9.17, 15) is 0 Å².